The third-order valence-electron chi connectivity index (χ3n) is 5.93. The summed E-state index contributed by atoms with van der Waals surface area (Å²) in [6.07, 6.45) is 2.03. The first-order valence-electron chi connectivity index (χ1n) is 11.4. The topological polar surface area (TPSA) is 104 Å². The summed E-state index contributed by atoms with van der Waals surface area (Å²) < 4.78 is 29.0. The van der Waals surface area contributed by atoms with Gasteiger partial charge in [0.05, 0.1) is 24.0 Å². The Morgan fingerprint density at radius 3 is 2.56 bits per heavy atom. The average Bonchev–Trinajstić information content (AvgIpc) is 3.46. The molecule has 1 aliphatic heterocycles. The number of likely N-dealkylation sites (N-methyl/N-ethyl adjacent to an activating group) is 1. The molecule has 1 N–H and O–H groups in total. The van der Waals surface area contributed by atoms with Crippen LogP contribution < -0.4 is 4.72 Å². The number of carbonyl (C=O) groups excluding carboxylic acids is 1. The number of carbonyl (C=O) groups is 1. The number of nitrogens with zero attached hydrogens (tertiary/aromatic N) is 4. The van der Waals surface area contributed by atoms with Gasteiger partial charge in [0.1, 0.15) is 16.6 Å². The monoisotopic (exact) mass is 507 g/mol. The first-order chi connectivity index (χ1) is 16.2. The van der Waals surface area contributed by atoms with Crippen LogP contribution in [0.2, 0.25) is 0 Å². The van der Waals surface area contributed by atoms with E-state index in [0.717, 1.165) is 18.7 Å². The van der Waals surface area contributed by atoms with Crippen molar-refractivity contribution in [3.05, 3.63) is 52.5 Å². The lowest BCUT2D eigenvalue weighted by Crippen LogP contribution is -2.58. The highest BCUT2D eigenvalue weighted by Crippen LogP contribution is 2.29. The van der Waals surface area contributed by atoms with Crippen molar-refractivity contribution in [2.24, 2.45) is 5.16 Å². The summed E-state index contributed by atoms with van der Waals surface area (Å²) in [4.78, 5) is 26.8. The fourth-order valence-corrected chi connectivity index (χ4v) is 5.95. The fraction of sp³-hybridized carbons (Fsp3) is 0.522. The van der Waals surface area contributed by atoms with Gasteiger partial charge in [-0.25, -0.2) is 13.1 Å². The zero-order chi connectivity index (χ0) is 24.8. The minimum atomic E-state index is -3.64. The van der Waals surface area contributed by atoms with Crippen LogP contribution in [0.1, 0.15) is 42.4 Å². The molecule has 0 fully saturated rings. The van der Waals surface area contributed by atoms with Crippen LogP contribution >= 0.6 is 11.3 Å². The highest BCUT2D eigenvalue weighted by molar-refractivity contribution is 7.89. The van der Waals surface area contributed by atoms with Crippen molar-refractivity contribution in [2.75, 3.05) is 39.0 Å². The molecule has 2 atom stereocenters. The Morgan fingerprint density at radius 1 is 1.24 bits per heavy atom. The van der Waals surface area contributed by atoms with Crippen molar-refractivity contribution in [1.29, 1.82) is 0 Å². The Morgan fingerprint density at radius 2 is 1.94 bits per heavy atom. The van der Waals surface area contributed by atoms with Gasteiger partial charge in [-0.05, 0) is 33.0 Å². The fourth-order valence-electron chi connectivity index (χ4n) is 3.99. The van der Waals surface area contributed by atoms with E-state index in [-0.39, 0.29) is 18.2 Å². The second-order valence-corrected chi connectivity index (χ2v) is 11.3. The van der Waals surface area contributed by atoms with Crippen molar-refractivity contribution in [3.63, 3.8) is 0 Å². The molecule has 9 nitrogen and oxygen atoms in total. The summed E-state index contributed by atoms with van der Waals surface area (Å²) in [5.74, 6) is -0.213. The number of thiazole rings is 1. The summed E-state index contributed by atoms with van der Waals surface area (Å²) in [5.41, 5.74) is 1.76. The number of rotatable bonds is 12. The predicted molar refractivity (Wildman–Crippen MR) is 135 cm³/mol. The molecule has 0 bridgehead atoms. The quantitative estimate of drug-likeness (QED) is 0.473. The smallest absolute Gasteiger partial charge is 0.265 e. The van der Waals surface area contributed by atoms with E-state index in [1.54, 1.807) is 19.5 Å². The molecule has 0 saturated carbocycles. The number of amides is 1. The Kier molecular flexibility index (Phi) is 8.80. The first-order valence-corrected chi connectivity index (χ1v) is 13.9. The van der Waals surface area contributed by atoms with Gasteiger partial charge >= 0.3 is 0 Å². The molecule has 2 aromatic rings. The molecular formula is C23H33N5O4S2. The third kappa shape index (κ3) is 6.41. The molecule has 186 valence electrons. The van der Waals surface area contributed by atoms with Crippen LogP contribution in [0.5, 0.6) is 0 Å². The largest absolute Gasteiger partial charge is 0.385 e. The number of oxime groups is 1. The van der Waals surface area contributed by atoms with Gasteiger partial charge in [0, 0.05) is 12.6 Å². The van der Waals surface area contributed by atoms with Crippen molar-refractivity contribution < 1.29 is 18.0 Å². The Bertz CT molecular complexity index is 1070. The maximum Gasteiger partial charge on any atom is 0.265 e. The van der Waals surface area contributed by atoms with E-state index in [1.807, 2.05) is 30.3 Å². The maximum atomic E-state index is 13.1. The van der Waals surface area contributed by atoms with E-state index < -0.39 is 21.7 Å². The molecule has 1 aromatic heterocycles. The van der Waals surface area contributed by atoms with E-state index in [0.29, 0.717) is 23.6 Å². The van der Waals surface area contributed by atoms with E-state index >= 15 is 0 Å². The normalized spacial score (nSPS) is 20.3. The molecule has 0 spiro atoms. The lowest BCUT2D eigenvalue weighted by atomic mass is 9.90. The predicted octanol–water partition coefficient (Wildman–Crippen LogP) is 2.43. The SMILES string of the molecule is CCN(CC)CCCS(=O)(=O)NC1C(c2ccccc2)=NOC1(C)CN(C)C(=O)c1cncs1. The molecule has 0 radical (unpaired) electrons. The van der Waals surface area contributed by atoms with Gasteiger partial charge in [-0.3, -0.25) is 9.78 Å². The van der Waals surface area contributed by atoms with Gasteiger partial charge in [0.15, 0.2) is 5.60 Å². The molecule has 2 unspecified atom stereocenters. The number of nitrogens with one attached hydrogen (secondary N) is 1. The van der Waals surface area contributed by atoms with Crippen molar-refractivity contribution >= 4 is 33.0 Å². The zero-order valence-electron chi connectivity index (χ0n) is 20.1. The minimum Gasteiger partial charge on any atom is -0.385 e. The van der Waals surface area contributed by atoms with Gasteiger partial charge < -0.3 is 14.6 Å². The van der Waals surface area contributed by atoms with Gasteiger partial charge in [0.25, 0.3) is 5.91 Å². The minimum absolute atomic E-state index is 0.00617. The number of sulfonamides is 1. The summed E-state index contributed by atoms with van der Waals surface area (Å²) >= 11 is 1.25. The van der Waals surface area contributed by atoms with E-state index in [2.05, 4.69) is 33.6 Å². The molecule has 0 aliphatic carbocycles. The highest BCUT2D eigenvalue weighted by Gasteiger charge is 2.48. The summed E-state index contributed by atoms with van der Waals surface area (Å²) in [5, 5.41) is 4.27. The second-order valence-electron chi connectivity index (χ2n) is 8.52. The zero-order valence-corrected chi connectivity index (χ0v) is 21.7. The molecular weight excluding hydrogens is 474 g/mol. The molecule has 0 saturated heterocycles. The number of hydrogen-bond donors (Lipinski definition) is 1. The van der Waals surface area contributed by atoms with Gasteiger partial charge in [-0.2, -0.15) is 0 Å². The van der Waals surface area contributed by atoms with Crippen LogP contribution in [0.3, 0.4) is 0 Å². The Labute approximate surface area is 205 Å². The first kappa shape index (κ1) is 26.3. The number of hydrogen-bond acceptors (Lipinski definition) is 8. The molecule has 1 amide bonds. The van der Waals surface area contributed by atoms with E-state index in [9.17, 15) is 13.2 Å². The Hall–Kier alpha value is -2.34. The van der Waals surface area contributed by atoms with E-state index in [4.69, 9.17) is 4.84 Å². The summed E-state index contributed by atoms with van der Waals surface area (Å²) in [6.45, 7) is 8.49. The van der Waals surface area contributed by atoms with Crippen LogP contribution in [0.15, 0.2) is 47.2 Å². The van der Waals surface area contributed by atoms with Gasteiger partial charge in [-0.15, -0.1) is 11.3 Å². The molecule has 34 heavy (non-hydrogen) atoms. The standard InChI is InChI=1S/C23H33N5O4S2/c1-5-28(6-2)13-10-14-34(30,31)26-21-20(18-11-8-7-9-12-18)25-32-23(21,3)16-27(4)22(29)19-15-24-17-33-19/h7-9,11-12,15,17,21,26H,5-6,10,13-14,16H2,1-4H3. The van der Waals surface area contributed by atoms with Crippen LogP contribution in [0.25, 0.3) is 0 Å². The van der Waals surface area contributed by atoms with Crippen molar-refractivity contribution in [3.8, 4) is 0 Å². The molecule has 3 rings (SSSR count). The maximum absolute atomic E-state index is 13.1. The van der Waals surface area contributed by atoms with Crippen LogP contribution in [0.4, 0.5) is 0 Å². The highest BCUT2D eigenvalue weighted by atomic mass is 32.2. The average molecular weight is 508 g/mol. The van der Waals surface area contributed by atoms with Crippen molar-refractivity contribution in [2.45, 2.75) is 38.8 Å². The van der Waals surface area contributed by atoms with Crippen molar-refractivity contribution in [1.82, 2.24) is 19.5 Å². The number of benzene rings is 1. The lowest BCUT2D eigenvalue weighted by Gasteiger charge is -2.33. The van der Waals surface area contributed by atoms with Crippen LogP contribution in [0, 0.1) is 0 Å². The van der Waals surface area contributed by atoms with Crippen LogP contribution in [-0.2, 0) is 14.9 Å². The molecule has 11 heteroatoms. The third-order valence-corrected chi connectivity index (χ3v) is 8.11. The number of aromatic nitrogens is 1. The second kappa shape index (κ2) is 11.4. The van der Waals surface area contributed by atoms with Gasteiger partial charge in [0.2, 0.25) is 10.0 Å². The Balaban J connectivity index is 1.80. The van der Waals surface area contributed by atoms with E-state index in [1.165, 1.54) is 22.4 Å². The summed E-state index contributed by atoms with van der Waals surface area (Å²) in [6, 6.07) is 8.58. The molecule has 2 heterocycles. The molecule has 1 aromatic carbocycles. The molecule has 1 aliphatic rings. The van der Waals surface area contributed by atoms with Crippen LogP contribution in [-0.4, -0.2) is 85.4 Å². The van der Waals surface area contributed by atoms with Gasteiger partial charge in [-0.1, -0.05) is 49.3 Å². The summed E-state index contributed by atoms with van der Waals surface area (Å²) in [7, 11) is -1.98. The lowest BCUT2D eigenvalue weighted by molar-refractivity contribution is -0.0316.